The van der Waals surface area contributed by atoms with Crippen LogP contribution >= 0.6 is 27.3 Å². The van der Waals surface area contributed by atoms with Gasteiger partial charge in [-0.05, 0) is 50.2 Å². The second-order valence-electron chi connectivity index (χ2n) is 4.43. The van der Waals surface area contributed by atoms with Gasteiger partial charge in [0.2, 0.25) is 0 Å². The molecule has 1 aromatic heterocycles. The maximum absolute atomic E-state index is 5.67. The molecule has 102 valence electrons. The van der Waals surface area contributed by atoms with Gasteiger partial charge in [-0.2, -0.15) is 0 Å². The number of halogens is 1. The number of thiophene rings is 1. The van der Waals surface area contributed by atoms with Gasteiger partial charge in [0.25, 0.3) is 0 Å². The van der Waals surface area contributed by atoms with Crippen molar-refractivity contribution >= 4 is 27.3 Å². The molecule has 0 fully saturated rings. The first-order valence-electron chi connectivity index (χ1n) is 6.33. The molecule has 0 aliphatic heterocycles. The number of rotatable bonds is 6. The van der Waals surface area contributed by atoms with Crippen LogP contribution in [0.5, 0.6) is 5.75 Å². The lowest BCUT2D eigenvalue weighted by Gasteiger charge is -2.12. The Morgan fingerprint density at radius 3 is 2.58 bits per heavy atom. The first-order valence-corrected chi connectivity index (χ1v) is 7.94. The van der Waals surface area contributed by atoms with Crippen LogP contribution in [0.4, 0.5) is 0 Å². The molecule has 2 aromatic rings. The van der Waals surface area contributed by atoms with Crippen molar-refractivity contribution in [2.75, 3.05) is 13.2 Å². The van der Waals surface area contributed by atoms with E-state index >= 15 is 0 Å². The number of hydrogen-bond donors (Lipinski definition) is 1. The van der Waals surface area contributed by atoms with Gasteiger partial charge >= 0.3 is 0 Å². The Kier molecular flexibility index (Phi) is 5.43. The number of nitrogens with one attached hydrogen (secondary N) is 1. The number of benzene rings is 1. The lowest BCUT2D eigenvalue weighted by molar-refractivity contribution is 0.308. The van der Waals surface area contributed by atoms with Gasteiger partial charge in [0.05, 0.1) is 0 Å². The standard InChI is InChI=1S/C15H18BrNOS/c1-11-3-8-15(19-11)12(2)17-9-10-18-14-6-4-13(16)5-7-14/h3-8,12,17H,9-10H2,1-2H3. The van der Waals surface area contributed by atoms with Crippen molar-refractivity contribution in [2.24, 2.45) is 0 Å². The topological polar surface area (TPSA) is 21.3 Å². The van der Waals surface area contributed by atoms with E-state index in [1.54, 1.807) is 0 Å². The van der Waals surface area contributed by atoms with E-state index in [1.165, 1.54) is 9.75 Å². The first-order chi connectivity index (χ1) is 9.15. The molecule has 0 amide bonds. The fourth-order valence-corrected chi connectivity index (χ4v) is 2.93. The van der Waals surface area contributed by atoms with Gasteiger partial charge in [-0.15, -0.1) is 11.3 Å². The Bertz CT molecular complexity index is 509. The summed E-state index contributed by atoms with van der Waals surface area (Å²) in [6.07, 6.45) is 0. The molecule has 0 saturated heterocycles. The van der Waals surface area contributed by atoms with E-state index in [0.717, 1.165) is 16.8 Å². The molecule has 1 aromatic carbocycles. The van der Waals surface area contributed by atoms with Crippen LogP contribution in [0.2, 0.25) is 0 Å². The molecule has 2 rings (SSSR count). The maximum Gasteiger partial charge on any atom is 0.119 e. The lowest BCUT2D eigenvalue weighted by Crippen LogP contribution is -2.23. The largest absolute Gasteiger partial charge is 0.492 e. The van der Waals surface area contributed by atoms with Crippen molar-refractivity contribution < 1.29 is 4.74 Å². The molecule has 19 heavy (non-hydrogen) atoms. The van der Waals surface area contributed by atoms with Crippen LogP contribution in [-0.4, -0.2) is 13.2 Å². The van der Waals surface area contributed by atoms with Gasteiger partial charge in [-0.3, -0.25) is 0 Å². The van der Waals surface area contributed by atoms with E-state index in [4.69, 9.17) is 4.74 Å². The molecule has 0 aliphatic carbocycles. The van der Waals surface area contributed by atoms with Gasteiger partial charge in [0.15, 0.2) is 0 Å². The van der Waals surface area contributed by atoms with Crippen molar-refractivity contribution in [3.63, 3.8) is 0 Å². The monoisotopic (exact) mass is 339 g/mol. The van der Waals surface area contributed by atoms with Gasteiger partial charge in [0.1, 0.15) is 12.4 Å². The molecule has 2 nitrogen and oxygen atoms in total. The summed E-state index contributed by atoms with van der Waals surface area (Å²) >= 11 is 5.25. The second-order valence-corrected chi connectivity index (χ2v) is 6.66. The predicted octanol–water partition coefficient (Wildman–Crippen LogP) is 4.55. The molecule has 1 heterocycles. The second kappa shape index (κ2) is 7.08. The molecule has 1 unspecified atom stereocenters. The van der Waals surface area contributed by atoms with Gasteiger partial charge in [-0.25, -0.2) is 0 Å². The van der Waals surface area contributed by atoms with Crippen LogP contribution in [-0.2, 0) is 0 Å². The summed E-state index contributed by atoms with van der Waals surface area (Å²) in [7, 11) is 0. The summed E-state index contributed by atoms with van der Waals surface area (Å²) in [6.45, 7) is 5.84. The average Bonchev–Trinajstić information content (AvgIpc) is 2.83. The summed E-state index contributed by atoms with van der Waals surface area (Å²) in [5, 5.41) is 3.47. The minimum absolute atomic E-state index is 0.382. The summed E-state index contributed by atoms with van der Waals surface area (Å²) in [5.41, 5.74) is 0. The van der Waals surface area contributed by atoms with Crippen LogP contribution in [0.1, 0.15) is 22.7 Å². The van der Waals surface area contributed by atoms with Crippen molar-refractivity contribution in [3.05, 3.63) is 50.6 Å². The van der Waals surface area contributed by atoms with Gasteiger partial charge in [-0.1, -0.05) is 15.9 Å². The van der Waals surface area contributed by atoms with Gasteiger partial charge in [0, 0.05) is 26.8 Å². The summed E-state index contributed by atoms with van der Waals surface area (Å²) in [5.74, 6) is 0.907. The minimum atomic E-state index is 0.382. The third kappa shape index (κ3) is 4.64. The third-order valence-electron chi connectivity index (χ3n) is 2.82. The SMILES string of the molecule is Cc1ccc(C(C)NCCOc2ccc(Br)cc2)s1. The zero-order chi connectivity index (χ0) is 13.7. The van der Waals surface area contributed by atoms with E-state index in [2.05, 4.69) is 47.2 Å². The molecule has 0 saturated carbocycles. The fourth-order valence-electron chi connectivity index (χ4n) is 1.76. The highest BCUT2D eigenvalue weighted by molar-refractivity contribution is 9.10. The van der Waals surface area contributed by atoms with Crippen LogP contribution < -0.4 is 10.1 Å². The van der Waals surface area contributed by atoms with E-state index < -0.39 is 0 Å². The number of hydrogen-bond acceptors (Lipinski definition) is 3. The van der Waals surface area contributed by atoms with Crippen LogP contribution in [0.15, 0.2) is 40.9 Å². The molecular weight excluding hydrogens is 322 g/mol. The Labute approximate surface area is 126 Å². The molecule has 0 aliphatic rings. The van der Waals surface area contributed by atoms with Crippen molar-refractivity contribution in [3.8, 4) is 5.75 Å². The smallest absolute Gasteiger partial charge is 0.119 e. The maximum atomic E-state index is 5.67. The zero-order valence-electron chi connectivity index (χ0n) is 11.2. The van der Waals surface area contributed by atoms with E-state index in [9.17, 15) is 0 Å². The van der Waals surface area contributed by atoms with Crippen LogP contribution in [0.25, 0.3) is 0 Å². The first kappa shape index (κ1) is 14.6. The van der Waals surface area contributed by atoms with Gasteiger partial charge < -0.3 is 10.1 Å². The molecule has 0 bridgehead atoms. The summed E-state index contributed by atoms with van der Waals surface area (Å²) < 4.78 is 6.74. The van der Waals surface area contributed by atoms with Crippen molar-refractivity contribution in [1.82, 2.24) is 5.32 Å². The Balaban J connectivity index is 1.70. The zero-order valence-corrected chi connectivity index (χ0v) is 13.6. The highest BCUT2D eigenvalue weighted by atomic mass is 79.9. The van der Waals surface area contributed by atoms with Crippen molar-refractivity contribution in [2.45, 2.75) is 19.9 Å². The average molecular weight is 340 g/mol. The lowest BCUT2D eigenvalue weighted by atomic mass is 10.3. The number of aryl methyl sites for hydroxylation is 1. The molecule has 1 atom stereocenters. The Hall–Kier alpha value is -0.840. The highest BCUT2D eigenvalue weighted by Gasteiger charge is 2.06. The van der Waals surface area contributed by atoms with Crippen molar-refractivity contribution in [1.29, 1.82) is 0 Å². The third-order valence-corrected chi connectivity index (χ3v) is 4.53. The van der Waals surface area contributed by atoms with E-state index in [1.807, 2.05) is 35.6 Å². The fraction of sp³-hybridized carbons (Fsp3) is 0.333. The van der Waals surface area contributed by atoms with E-state index in [0.29, 0.717) is 12.6 Å². The van der Waals surface area contributed by atoms with Crippen LogP contribution in [0, 0.1) is 6.92 Å². The molecule has 0 spiro atoms. The summed E-state index contributed by atoms with van der Waals surface area (Å²) in [4.78, 5) is 2.73. The Morgan fingerprint density at radius 2 is 1.95 bits per heavy atom. The Morgan fingerprint density at radius 1 is 1.21 bits per heavy atom. The quantitative estimate of drug-likeness (QED) is 0.779. The normalized spacial score (nSPS) is 12.4. The number of ether oxygens (including phenoxy) is 1. The van der Waals surface area contributed by atoms with Crippen LogP contribution in [0.3, 0.4) is 0 Å². The highest BCUT2D eigenvalue weighted by Crippen LogP contribution is 2.22. The molecule has 1 N–H and O–H groups in total. The molecule has 4 heteroatoms. The van der Waals surface area contributed by atoms with E-state index in [-0.39, 0.29) is 0 Å². The minimum Gasteiger partial charge on any atom is -0.492 e. The summed E-state index contributed by atoms with van der Waals surface area (Å²) in [6, 6.07) is 12.6. The predicted molar refractivity (Wildman–Crippen MR) is 85.1 cm³/mol. The molecule has 0 radical (unpaired) electrons. The molecular formula is C15H18BrNOS.